The summed E-state index contributed by atoms with van der Waals surface area (Å²) in [4.78, 5) is 24.3. The van der Waals surface area contributed by atoms with Gasteiger partial charge in [0.2, 0.25) is 5.91 Å². The third kappa shape index (κ3) is 5.61. The molecule has 21 heavy (non-hydrogen) atoms. The van der Waals surface area contributed by atoms with Crippen molar-refractivity contribution in [2.24, 2.45) is 0 Å². The highest BCUT2D eigenvalue weighted by atomic mass is 79.9. The maximum atomic E-state index is 11.7. The molecule has 0 radical (unpaired) electrons. The third-order valence-corrected chi connectivity index (χ3v) is 4.01. The Balaban J connectivity index is 1.76. The van der Waals surface area contributed by atoms with Gasteiger partial charge in [0, 0.05) is 15.1 Å². The van der Waals surface area contributed by atoms with Crippen molar-refractivity contribution in [3.05, 3.63) is 59.1 Å². The van der Waals surface area contributed by atoms with Crippen molar-refractivity contribution in [2.45, 2.75) is 4.90 Å². The van der Waals surface area contributed by atoms with Gasteiger partial charge >= 0.3 is 6.03 Å². The summed E-state index contributed by atoms with van der Waals surface area (Å²) in [6.07, 6.45) is 0. The monoisotopic (exact) mass is 364 g/mol. The minimum atomic E-state index is -0.525. The summed E-state index contributed by atoms with van der Waals surface area (Å²) in [6, 6.07) is 16.1. The first-order chi connectivity index (χ1) is 10.1. The van der Waals surface area contributed by atoms with E-state index in [2.05, 4.69) is 26.6 Å². The van der Waals surface area contributed by atoms with Crippen molar-refractivity contribution in [3.8, 4) is 0 Å². The first-order valence-electron chi connectivity index (χ1n) is 6.18. The molecule has 0 heterocycles. The Hall–Kier alpha value is -1.79. The number of para-hydroxylation sites is 1. The number of benzene rings is 2. The van der Waals surface area contributed by atoms with Crippen LogP contribution in [0.25, 0.3) is 0 Å². The number of amides is 3. The first kappa shape index (κ1) is 15.6. The number of thioether (sulfide) groups is 1. The van der Waals surface area contributed by atoms with Crippen molar-refractivity contribution in [1.29, 1.82) is 0 Å². The number of rotatable bonds is 4. The molecule has 6 heteroatoms. The van der Waals surface area contributed by atoms with Gasteiger partial charge in [-0.2, -0.15) is 0 Å². The van der Waals surface area contributed by atoms with Crippen LogP contribution in [0.5, 0.6) is 0 Å². The summed E-state index contributed by atoms with van der Waals surface area (Å²) in [7, 11) is 0. The molecule has 4 nitrogen and oxygen atoms in total. The second kappa shape index (κ2) is 7.85. The molecule has 0 saturated carbocycles. The molecular weight excluding hydrogens is 352 g/mol. The van der Waals surface area contributed by atoms with Gasteiger partial charge in [0.1, 0.15) is 0 Å². The highest BCUT2D eigenvalue weighted by Crippen LogP contribution is 2.20. The summed E-state index contributed by atoms with van der Waals surface area (Å²) >= 11 is 4.72. The number of hydrogen-bond acceptors (Lipinski definition) is 3. The van der Waals surface area contributed by atoms with Gasteiger partial charge < -0.3 is 5.32 Å². The van der Waals surface area contributed by atoms with Crippen LogP contribution in [0.2, 0.25) is 0 Å². The lowest BCUT2D eigenvalue weighted by Gasteiger charge is -2.06. The van der Waals surface area contributed by atoms with Crippen LogP contribution in [-0.2, 0) is 4.79 Å². The molecule has 0 aliphatic heterocycles. The number of carbonyl (C=O) groups is 2. The predicted molar refractivity (Wildman–Crippen MR) is 88.5 cm³/mol. The SMILES string of the molecule is O=C(CSc1ccc(Br)cc1)NC(=O)Nc1ccccc1. The van der Waals surface area contributed by atoms with Gasteiger partial charge in [-0.25, -0.2) is 4.79 Å². The molecule has 0 aromatic heterocycles. The highest BCUT2D eigenvalue weighted by Gasteiger charge is 2.08. The zero-order chi connectivity index (χ0) is 15.1. The highest BCUT2D eigenvalue weighted by molar-refractivity contribution is 9.10. The average Bonchev–Trinajstić information content (AvgIpc) is 2.47. The molecule has 0 unspecified atom stereocenters. The Morgan fingerprint density at radius 2 is 1.67 bits per heavy atom. The van der Waals surface area contributed by atoms with Crippen LogP contribution in [0, 0.1) is 0 Å². The fourth-order valence-corrected chi connectivity index (χ4v) is 2.49. The molecule has 0 atom stereocenters. The second-order valence-electron chi connectivity index (χ2n) is 4.11. The van der Waals surface area contributed by atoms with Crippen LogP contribution < -0.4 is 10.6 Å². The van der Waals surface area contributed by atoms with Crippen molar-refractivity contribution < 1.29 is 9.59 Å². The number of halogens is 1. The molecule has 0 fully saturated rings. The molecule has 108 valence electrons. The van der Waals surface area contributed by atoms with Crippen molar-refractivity contribution >= 4 is 45.3 Å². The van der Waals surface area contributed by atoms with E-state index in [1.807, 2.05) is 30.3 Å². The van der Waals surface area contributed by atoms with E-state index in [9.17, 15) is 9.59 Å². The number of carbonyl (C=O) groups excluding carboxylic acids is 2. The molecule has 2 N–H and O–H groups in total. The minimum absolute atomic E-state index is 0.184. The lowest BCUT2D eigenvalue weighted by Crippen LogP contribution is -2.35. The van der Waals surface area contributed by atoms with Crippen LogP contribution >= 0.6 is 27.7 Å². The van der Waals surface area contributed by atoms with Gasteiger partial charge in [0.15, 0.2) is 0 Å². The maximum absolute atomic E-state index is 11.7. The Morgan fingerprint density at radius 3 is 2.33 bits per heavy atom. The van der Waals surface area contributed by atoms with Gasteiger partial charge in [-0.1, -0.05) is 34.1 Å². The fraction of sp³-hybridized carbons (Fsp3) is 0.0667. The fourth-order valence-electron chi connectivity index (χ4n) is 1.53. The Kier molecular flexibility index (Phi) is 5.83. The summed E-state index contributed by atoms with van der Waals surface area (Å²) in [5.41, 5.74) is 0.642. The molecule has 2 aromatic rings. The van der Waals surface area contributed by atoms with Crippen LogP contribution in [0.4, 0.5) is 10.5 Å². The van der Waals surface area contributed by atoms with Crippen LogP contribution in [-0.4, -0.2) is 17.7 Å². The lowest BCUT2D eigenvalue weighted by atomic mass is 10.3. The Morgan fingerprint density at radius 1 is 1.00 bits per heavy atom. The number of imide groups is 1. The van der Waals surface area contributed by atoms with Crippen molar-refractivity contribution in [3.63, 3.8) is 0 Å². The molecular formula is C15H13BrN2O2S. The van der Waals surface area contributed by atoms with E-state index in [4.69, 9.17) is 0 Å². The van der Waals surface area contributed by atoms with Gasteiger partial charge in [-0.15, -0.1) is 11.8 Å². The smallest absolute Gasteiger partial charge is 0.308 e. The normalized spacial score (nSPS) is 9.95. The molecule has 0 bridgehead atoms. The average molecular weight is 365 g/mol. The molecule has 2 aromatic carbocycles. The van der Waals surface area contributed by atoms with E-state index in [1.54, 1.807) is 24.3 Å². The van der Waals surface area contributed by atoms with E-state index >= 15 is 0 Å². The van der Waals surface area contributed by atoms with E-state index in [0.29, 0.717) is 5.69 Å². The predicted octanol–water partition coefficient (Wildman–Crippen LogP) is 3.89. The molecule has 3 amide bonds. The Bertz CT molecular complexity index is 617. The van der Waals surface area contributed by atoms with E-state index in [-0.39, 0.29) is 11.7 Å². The van der Waals surface area contributed by atoms with Gasteiger partial charge in [0.05, 0.1) is 5.75 Å². The van der Waals surface area contributed by atoms with Crippen molar-refractivity contribution in [1.82, 2.24) is 5.32 Å². The largest absolute Gasteiger partial charge is 0.325 e. The van der Waals surface area contributed by atoms with Gasteiger partial charge in [-0.05, 0) is 36.4 Å². The standard InChI is InChI=1S/C15H13BrN2O2S/c16-11-6-8-13(9-7-11)21-10-14(19)18-15(20)17-12-4-2-1-3-5-12/h1-9H,10H2,(H2,17,18,19,20). The number of hydrogen-bond donors (Lipinski definition) is 2. The molecule has 0 spiro atoms. The van der Waals surface area contributed by atoms with Crippen LogP contribution in [0.1, 0.15) is 0 Å². The summed E-state index contributed by atoms with van der Waals surface area (Å²) in [6.45, 7) is 0. The zero-order valence-electron chi connectivity index (χ0n) is 11.0. The van der Waals surface area contributed by atoms with E-state index in [0.717, 1.165) is 9.37 Å². The molecule has 0 aliphatic rings. The molecule has 0 aliphatic carbocycles. The number of nitrogens with one attached hydrogen (secondary N) is 2. The number of anilines is 1. The second-order valence-corrected chi connectivity index (χ2v) is 6.08. The minimum Gasteiger partial charge on any atom is -0.308 e. The summed E-state index contributed by atoms with van der Waals surface area (Å²) < 4.78 is 0.985. The van der Waals surface area contributed by atoms with E-state index in [1.165, 1.54) is 11.8 Å². The number of urea groups is 1. The summed E-state index contributed by atoms with van der Waals surface area (Å²) in [5.74, 6) is -0.152. The molecule has 2 rings (SSSR count). The van der Waals surface area contributed by atoms with Crippen LogP contribution in [0.15, 0.2) is 64.0 Å². The topological polar surface area (TPSA) is 58.2 Å². The lowest BCUT2D eigenvalue weighted by molar-refractivity contribution is -0.117. The molecule has 0 saturated heterocycles. The maximum Gasteiger partial charge on any atom is 0.325 e. The third-order valence-electron chi connectivity index (χ3n) is 2.47. The van der Waals surface area contributed by atoms with Gasteiger partial charge in [0.25, 0.3) is 0 Å². The van der Waals surface area contributed by atoms with Crippen LogP contribution in [0.3, 0.4) is 0 Å². The van der Waals surface area contributed by atoms with Gasteiger partial charge in [-0.3, -0.25) is 10.1 Å². The van der Waals surface area contributed by atoms with E-state index < -0.39 is 6.03 Å². The van der Waals surface area contributed by atoms with Crippen molar-refractivity contribution in [2.75, 3.05) is 11.1 Å². The first-order valence-corrected chi connectivity index (χ1v) is 7.95. The Labute approximate surface area is 135 Å². The quantitative estimate of drug-likeness (QED) is 0.809. The summed E-state index contributed by atoms with van der Waals surface area (Å²) in [5, 5.41) is 4.88. The zero-order valence-corrected chi connectivity index (χ0v) is 13.4.